The van der Waals surface area contributed by atoms with Gasteiger partial charge in [0.25, 0.3) is 0 Å². The lowest BCUT2D eigenvalue weighted by atomic mass is 9.82. The third kappa shape index (κ3) is 3.08. The van der Waals surface area contributed by atoms with Gasteiger partial charge in [-0.1, -0.05) is 19.3 Å². The van der Waals surface area contributed by atoms with Crippen molar-refractivity contribution < 1.29 is 14.3 Å². The summed E-state index contributed by atoms with van der Waals surface area (Å²) in [6.45, 7) is 2.74. The number of piperazine rings is 1. The molecule has 2 fully saturated rings. The molecule has 0 spiro atoms. The Morgan fingerprint density at radius 1 is 1.26 bits per heavy atom. The molecule has 2 rings (SSSR count). The van der Waals surface area contributed by atoms with Crippen LogP contribution in [0.4, 0.5) is 0 Å². The van der Waals surface area contributed by atoms with Crippen molar-refractivity contribution in [1.82, 2.24) is 10.2 Å². The number of nitrogens with zero attached hydrogens (tertiary/aromatic N) is 1. The number of rotatable bonds is 4. The molecule has 1 aliphatic heterocycles. The fourth-order valence-electron chi connectivity index (χ4n) is 3.13. The first-order valence-corrected chi connectivity index (χ1v) is 7.25. The number of methoxy groups -OCH3 is 1. The van der Waals surface area contributed by atoms with Gasteiger partial charge in [0, 0.05) is 13.7 Å². The van der Waals surface area contributed by atoms with Crippen molar-refractivity contribution in [3.8, 4) is 0 Å². The minimum Gasteiger partial charge on any atom is -0.383 e. The summed E-state index contributed by atoms with van der Waals surface area (Å²) in [7, 11) is 1.61. The van der Waals surface area contributed by atoms with Gasteiger partial charge in [0.1, 0.15) is 12.1 Å². The summed E-state index contributed by atoms with van der Waals surface area (Å²) in [5.41, 5.74) is 0. The van der Waals surface area contributed by atoms with Gasteiger partial charge in [-0.15, -0.1) is 0 Å². The Kier molecular flexibility index (Phi) is 4.80. The molecule has 1 N–H and O–H groups in total. The largest absolute Gasteiger partial charge is 0.383 e. The standard InChI is InChI=1S/C14H24N2O3/c1-10-13(17)15-12(11-6-4-3-5-7-11)14(18)16(10)8-9-19-2/h10-12H,3-9H2,1-2H3,(H,15,17). The molecule has 1 heterocycles. The van der Waals surface area contributed by atoms with E-state index in [4.69, 9.17) is 4.74 Å². The van der Waals surface area contributed by atoms with Crippen LogP contribution in [0, 0.1) is 5.92 Å². The molecule has 0 aromatic rings. The summed E-state index contributed by atoms with van der Waals surface area (Å²) in [6, 6.07) is -0.705. The maximum atomic E-state index is 12.5. The molecule has 1 aliphatic carbocycles. The van der Waals surface area contributed by atoms with Gasteiger partial charge in [0.2, 0.25) is 11.8 Å². The molecule has 2 amide bonds. The highest BCUT2D eigenvalue weighted by Crippen LogP contribution is 2.29. The average Bonchev–Trinajstić information content (AvgIpc) is 2.44. The van der Waals surface area contributed by atoms with Crippen molar-refractivity contribution >= 4 is 11.8 Å². The van der Waals surface area contributed by atoms with Crippen molar-refractivity contribution in [1.29, 1.82) is 0 Å². The monoisotopic (exact) mass is 268 g/mol. The van der Waals surface area contributed by atoms with Crippen LogP contribution in [0.1, 0.15) is 39.0 Å². The Balaban J connectivity index is 2.07. The molecule has 2 unspecified atom stereocenters. The van der Waals surface area contributed by atoms with E-state index in [2.05, 4.69) is 5.32 Å². The summed E-state index contributed by atoms with van der Waals surface area (Å²) in [6.07, 6.45) is 5.66. The molecule has 1 saturated heterocycles. The predicted octanol–water partition coefficient (Wildman–Crippen LogP) is 0.929. The highest BCUT2D eigenvalue weighted by molar-refractivity contribution is 5.96. The van der Waals surface area contributed by atoms with Crippen molar-refractivity contribution in [3.63, 3.8) is 0 Å². The van der Waals surface area contributed by atoms with E-state index in [1.54, 1.807) is 18.9 Å². The summed E-state index contributed by atoms with van der Waals surface area (Å²) in [4.78, 5) is 26.2. The van der Waals surface area contributed by atoms with Gasteiger partial charge >= 0.3 is 0 Å². The Bertz CT molecular complexity index is 340. The molecule has 0 bridgehead atoms. The van der Waals surface area contributed by atoms with Gasteiger partial charge in [0.05, 0.1) is 6.61 Å². The molecule has 2 atom stereocenters. The molecule has 0 radical (unpaired) electrons. The van der Waals surface area contributed by atoms with E-state index in [0.717, 1.165) is 25.7 Å². The van der Waals surface area contributed by atoms with Gasteiger partial charge in [-0.3, -0.25) is 9.59 Å². The lowest BCUT2D eigenvalue weighted by molar-refractivity contribution is -0.151. The number of hydrogen-bond acceptors (Lipinski definition) is 3. The average molecular weight is 268 g/mol. The molecule has 0 aromatic carbocycles. The quantitative estimate of drug-likeness (QED) is 0.825. The summed E-state index contributed by atoms with van der Waals surface area (Å²) in [5, 5.41) is 2.92. The third-order valence-electron chi connectivity index (χ3n) is 4.35. The van der Waals surface area contributed by atoms with Crippen molar-refractivity contribution in [3.05, 3.63) is 0 Å². The molecule has 2 aliphatic rings. The number of hydrogen-bond donors (Lipinski definition) is 1. The summed E-state index contributed by atoms with van der Waals surface area (Å²) >= 11 is 0. The van der Waals surface area contributed by atoms with Crippen LogP contribution < -0.4 is 5.32 Å². The maximum Gasteiger partial charge on any atom is 0.246 e. The second-order valence-electron chi connectivity index (χ2n) is 5.58. The first-order valence-electron chi connectivity index (χ1n) is 7.25. The topological polar surface area (TPSA) is 58.6 Å². The van der Waals surface area contributed by atoms with Crippen LogP contribution >= 0.6 is 0 Å². The van der Waals surface area contributed by atoms with Crippen LogP contribution in [0.15, 0.2) is 0 Å². The van der Waals surface area contributed by atoms with Crippen LogP contribution in [0.5, 0.6) is 0 Å². The molecule has 108 valence electrons. The number of ether oxygens (including phenoxy) is 1. The normalized spacial score (nSPS) is 29.5. The molecule has 5 heteroatoms. The van der Waals surface area contributed by atoms with Crippen LogP contribution in [0.3, 0.4) is 0 Å². The second kappa shape index (κ2) is 6.37. The zero-order valence-corrected chi connectivity index (χ0v) is 11.9. The Labute approximate surface area is 114 Å². The summed E-state index contributed by atoms with van der Waals surface area (Å²) in [5.74, 6) is 0.338. The van der Waals surface area contributed by atoms with Crippen molar-refractivity contribution in [2.45, 2.75) is 51.1 Å². The number of amides is 2. The predicted molar refractivity (Wildman–Crippen MR) is 71.6 cm³/mol. The van der Waals surface area contributed by atoms with Crippen LogP contribution in [0.2, 0.25) is 0 Å². The minimum atomic E-state index is -0.387. The Morgan fingerprint density at radius 3 is 2.58 bits per heavy atom. The maximum absolute atomic E-state index is 12.5. The van der Waals surface area contributed by atoms with E-state index >= 15 is 0 Å². The van der Waals surface area contributed by atoms with E-state index < -0.39 is 0 Å². The van der Waals surface area contributed by atoms with E-state index in [1.165, 1.54) is 6.42 Å². The third-order valence-corrected chi connectivity index (χ3v) is 4.35. The fourth-order valence-corrected chi connectivity index (χ4v) is 3.13. The van der Waals surface area contributed by atoms with E-state index in [1.807, 2.05) is 0 Å². The lowest BCUT2D eigenvalue weighted by Crippen LogP contribution is -2.64. The van der Waals surface area contributed by atoms with Crippen molar-refractivity contribution in [2.24, 2.45) is 5.92 Å². The Hall–Kier alpha value is -1.10. The summed E-state index contributed by atoms with van der Waals surface area (Å²) < 4.78 is 5.03. The number of nitrogens with one attached hydrogen (secondary N) is 1. The van der Waals surface area contributed by atoms with Gasteiger partial charge in [0.15, 0.2) is 0 Å². The highest BCUT2D eigenvalue weighted by Gasteiger charge is 2.41. The molecule has 1 saturated carbocycles. The second-order valence-corrected chi connectivity index (χ2v) is 5.58. The molecule has 0 aromatic heterocycles. The number of carbonyl (C=O) groups excluding carboxylic acids is 2. The smallest absolute Gasteiger partial charge is 0.246 e. The van der Waals surface area contributed by atoms with Gasteiger partial charge in [-0.25, -0.2) is 0 Å². The molecular weight excluding hydrogens is 244 g/mol. The minimum absolute atomic E-state index is 0.0359. The highest BCUT2D eigenvalue weighted by atomic mass is 16.5. The first kappa shape index (κ1) is 14.3. The van der Waals surface area contributed by atoms with E-state index in [0.29, 0.717) is 19.1 Å². The van der Waals surface area contributed by atoms with Gasteiger partial charge < -0.3 is 15.0 Å². The van der Waals surface area contributed by atoms with Crippen LogP contribution in [0.25, 0.3) is 0 Å². The zero-order chi connectivity index (χ0) is 13.8. The molecule has 5 nitrogen and oxygen atoms in total. The molecular formula is C14H24N2O3. The van der Waals surface area contributed by atoms with Crippen molar-refractivity contribution in [2.75, 3.05) is 20.3 Å². The zero-order valence-electron chi connectivity index (χ0n) is 11.9. The van der Waals surface area contributed by atoms with Gasteiger partial charge in [-0.2, -0.15) is 0 Å². The van der Waals surface area contributed by atoms with E-state index in [9.17, 15) is 9.59 Å². The van der Waals surface area contributed by atoms with Gasteiger partial charge in [-0.05, 0) is 25.7 Å². The molecule has 19 heavy (non-hydrogen) atoms. The fraction of sp³-hybridized carbons (Fsp3) is 0.857. The lowest BCUT2D eigenvalue weighted by Gasteiger charge is -2.41. The SMILES string of the molecule is COCCN1C(=O)C(C2CCCCC2)NC(=O)C1C. The number of carbonyl (C=O) groups is 2. The van der Waals surface area contributed by atoms with E-state index in [-0.39, 0.29) is 23.9 Å². The first-order chi connectivity index (χ1) is 9.15. The van der Waals surface area contributed by atoms with Crippen LogP contribution in [-0.2, 0) is 14.3 Å². The van der Waals surface area contributed by atoms with Crippen LogP contribution in [-0.4, -0.2) is 49.1 Å². The Morgan fingerprint density at radius 2 is 1.95 bits per heavy atom.